The molecule has 170 valence electrons. The van der Waals surface area contributed by atoms with Gasteiger partial charge in [0.15, 0.2) is 0 Å². The van der Waals surface area contributed by atoms with Gasteiger partial charge in [0, 0.05) is 26.1 Å². The number of benzene rings is 3. The maximum Gasteiger partial charge on any atom is 0.225 e. The van der Waals surface area contributed by atoms with Gasteiger partial charge in [-0.3, -0.25) is 9.59 Å². The van der Waals surface area contributed by atoms with Crippen LogP contribution in [0.4, 0.5) is 0 Å². The molecule has 2 amide bonds. The van der Waals surface area contributed by atoms with Gasteiger partial charge in [0.25, 0.3) is 0 Å². The highest BCUT2D eigenvalue weighted by Gasteiger charge is 2.27. The standard InChI is InChI=1S/C28H30N2O3/c1-33-26-12-6-11-24(19-26)23-10-5-9-22(17-23)18-25-20-30(16-15-29-28(25)32)27(31)14-13-21-7-3-2-4-8-21/h2-12,17,19,25H,13-16,18,20H2,1H3,(H,29,32)/t25-/m0/s1. The van der Waals surface area contributed by atoms with Gasteiger partial charge in [0.1, 0.15) is 5.75 Å². The topological polar surface area (TPSA) is 58.6 Å². The van der Waals surface area contributed by atoms with Gasteiger partial charge in [-0.2, -0.15) is 0 Å². The zero-order valence-corrected chi connectivity index (χ0v) is 19.0. The number of ether oxygens (including phenoxy) is 1. The lowest BCUT2D eigenvalue weighted by Crippen LogP contribution is -2.37. The largest absolute Gasteiger partial charge is 0.497 e. The Morgan fingerprint density at radius 1 is 0.970 bits per heavy atom. The van der Waals surface area contributed by atoms with Crippen molar-refractivity contribution in [2.45, 2.75) is 19.3 Å². The quantitative estimate of drug-likeness (QED) is 0.599. The molecule has 0 spiro atoms. The van der Waals surface area contributed by atoms with E-state index in [0.717, 1.165) is 28.0 Å². The Balaban J connectivity index is 1.44. The minimum Gasteiger partial charge on any atom is -0.497 e. The average molecular weight is 443 g/mol. The minimum atomic E-state index is -0.270. The van der Waals surface area contributed by atoms with E-state index >= 15 is 0 Å². The Kier molecular flexibility index (Phi) is 7.40. The van der Waals surface area contributed by atoms with Crippen LogP contribution in [-0.4, -0.2) is 43.5 Å². The number of methoxy groups -OCH3 is 1. The third-order valence-electron chi connectivity index (χ3n) is 6.13. The number of amides is 2. The van der Waals surface area contributed by atoms with Gasteiger partial charge >= 0.3 is 0 Å². The molecule has 0 saturated carbocycles. The van der Waals surface area contributed by atoms with Crippen molar-refractivity contribution in [1.29, 1.82) is 0 Å². The highest BCUT2D eigenvalue weighted by atomic mass is 16.5. The zero-order chi connectivity index (χ0) is 23.0. The summed E-state index contributed by atoms with van der Waals surface area (Å²) in [6.07, 6.45) is 1.76. The summed E-state index contributed by atoms with van der Waals surface area (Å²) < 4.78 is 5.35. The van der Waals surface area contributed by atoms with Crippen LogP contribution in [0.5, 0.6) is 5.75 Å². The number of carbonyl (C=O) groups is 2. The van der Waals surface area contributed by atoms with E-state index in [1.54, 1.807) is 7.11 Å². The summed E-state index contributed by atoms with van der Waals surface area (Å²) in [6, 6.07) is 26.2. The predicted octanol–water partition coefficient (Wildman–Crippen LogP) is 4.11. The summed E-state index contributed by atoms with van der Waals surface area (Å²) in [6.45, 7) is 1.50. The second-order valence-corrected chi connectivity index (χ2v) is 8.45. The molecule has 0 radical (unpaired) electrons. The van der Waals surface area contributed by atoms with E-state index in [-0.39, 0.29) is 17.7 Å². The molecular formula is C28H30N2O3. The fraction of sp³-hybridized carbons (Fsp3) is 0.286. The molecule has 1 atom stereocenters. The van der Waals surface area contributed by atoms with Crippen LogP contribution in [0.1, 0.15) is 17.5 Å². The first-order valence-corrected chi connectivity index (χ1v) is 11.4. The van der Waals surface area contributed by atoms with Crippen molar-refractivity contribution in [1.82, 2.24) is 10.2 Å². The second kappa shape index (κ2) is 10.8. The summed E-state index contributed by atoms with van der Waals surface area (Å²) in [7, 11) is 1.66. The molecule has 1 heterocycles. The Morgan fingerprint density at radius 3 is 2.48 bits per heavy atom. The van der Waals surface area contributed by atoms with Gasteiger partial charge in [-0.05, 0) is 47.2 Å². The smallest absolute Gasteiger partial charge is 0.225 e. The molecule has 1 aliphatic heterocycles. The molecule has 33 heavy (non-hydrogen) atoms. The van der Waals surface area contributed by atoms with Crippen LogP contribution < -0.4 is 10.1 Å². The molecule has 1 fully saturated rings. The van der Waals surface area contributed by atoms with Gasteiger partial charge in [-0.15, -0.1) is 0 Å². The molecule has 0 unspecified atom stereocenters. The number of nitrogens with zero attached hydrogens (tertiary/aromatic N) is 1. The monoisotopic (exact) mass is 442 g/mol. The average Bonchev–Trinajstić information content (AvgIpc) is 3.04. The Morgan fingerprint density at radius 2 is 1.70 bits per heavy atom. The van der Waals surface area contributed by atoms with Crippen LogP contribution >= 0.6 is 0 Å². The fourth-order valence-electron chi connectivity index (χ4n) is 4.30. The second-order valence-electron chi connectivity index (χ2n) is 8.45. The highest BCUT2D eigenvalue weighted by molar-refractivity contribution is 5.82. The van der Waals surface area contributed by atoms with Crippen molar-refractivity contribution >= 4 is 11.8 Å². The van der Waals surface area contributed by atoms with Gasteiger partial charge in [0.05, 0.1) is 13.0 Å². The SMILES string of the molecule is COc1cccc(-c2cccc(C[C@H]3CN(C(=O)CCc4ccccc4)CCNC3=O)c2)c1. The van der Waals surface area contributed by atoms with E-state index in [1.165, 1.54) is 0 Å². The molecule has 4 rings (SSSR count). The lowest BCUT2D eigenvalue weighted by molar-refractivity contribution is -0.132. The normalized spacial score (nSPS) is 16.1. The Hall–Kier alpha value is -3.60. The van der Waals surface area contributed by atoms with Crippen molar-refractivity contribution in [2.75, 3.05) is 26.7 Å². The molecule has 3 aromatic carbocycles. The summed E-state index contributed by atoms with van der Waals surface area (Å²) in [5.74, 6) is 0.657. The van der Waals surface area contributed by atoms with Crippen molar-refractivity contribution < 1.29 is 14.3 Å². The van der Waals surface area contributed by atoms with Crippen molar-refractivity contribution in [3.05, 3.63) is 90.0 Å². The summed E-state index contributed by atoms with van der Waals surface area (Å²) in [5.41, 5.74) is 4.38. The Bertz CT molecular complexity index is 1100. The number of aryl methyl sites for hydroxylation is 1. The molecule has 5 nitrogen and oxygen atoms in total. The van der Waals surface area contributed by atoms with E-state index < -0.39 is 0 Å². The van der Waals surface area contributed by atoms with Crippen LogP contribution in [0.25, 0.3) is 11.1 Å². The van der Waals surface area contributed by atoms with Gasteiger partial charge < -0.3 is 15.0 Å². The third-order valence-corrected chi connectivity index (χ3v) is 6.13. The molecular weight excluding hydrogens is 412 g/mol. The van der Waals surface area contributed by atoms with E-state index in [4.69, 9.17) is 4.74 Å². The maximum absolute atomic E-state index is 12.9. The minimum absolute atomic E-state index is 0.0140. The molecule has 1 saturated heterocycles. The van der Waals surface area contributed by atoms with Crippen molar-refractivity contribution in [3.8, 4) is 16.9 Å². The third kappa shape index (κ3) is 6.01. The molecule has 1 aliphatic rings. The van der Waals surface area contributed by atoms with Crippen LogP contribution in [0, 0.1) is 5.92 Å². The van der Waals surface area contributed by atoms with Gasteiger partial charge in [-0.1, -0.05) is 66.7 Å². The van der Waals surface area contributed by atoms with Gasteiger partial charge in [-0.25, -0.2) is 0 Å². The predicted molar refractivity (Wildman–Crippen MR) is 130 cm³/mol. The van der Waals surface area contributed by atoms with Crippen LogP contribution in [-0.2, 0) is 22.4 Å². The highest BCUT2D eigenvalue weighted by Crippen LogP contribution is 2.25. The number of hydrogen-bond acceptors (Lipinski definition) is 3. The molecule has 1 N–H and O–H groups in total. The fourth-order valence-corrected chi connectivity index (χ4v) is 4.30. The first-order chi connectivity index (χ1) is 16.1. The number of hydrogen-bond donors (Lipinski definition) is 1. The van der Waals surface area contributed by atoms with Gasteiger partial charge in [0.2, 0.25) is 11.8 Å². The molecule has 0 bridgehead atoms. The van der Waals surface area contributed by atoms with E-state index in [1.807, 2.05) is 71.6 Å². The molecule has 5 heteroatoms. The number of nitrogens with one attached hydrogen (secondary N) is 1. The molecule has 0 aliphatic carbocycles. The lowest BCUT2D eigenvalue weighted by Gasteiger charge is -2.23. The van der Waals surface area contributed by atoms with E-state index in [9.17, 15) is 9.59 Å². The van der Waals surface area contributed by atoms with Crippen LogP contribution in [0.3, 0.4) is 0 Å². The summed E-state index contributed by atoms with van der Waals surface area (Å²) in [5, 5.41) is 2.99. The van der Waals surface area contributed by atoms with E-state index in [2.05, 4.69) is 17.4 Å². The first-order valence-electron chi connectivity index (χ1n) is 11.4. The first kappa shape index (κ1) is 22.6. The van der Waals surface area contributed by atoms with Crippen LogP contribution in [0.15, 0.2) is 78.9 Å². The number of rotatable bonds is 7. The lowest BCUT2D eigenvalue weighted by atomic mass is 9.95. The summed E-state index contributed by atoms with van der Waals surface area (Å²) in [4.78, 5) is 27.5. The molecule has 0 aromatic heterocycles. The Labute approximate surface area is 195 Å². The maximum atomic E-state index is 12.9. The van der Waals surface area contributed by atoms with Crippen molar-refractivity contribution in [2.24, 2.45) is 5.92 Å². The number of carbonyl (C=O) groups excluding carboxylic acids is 2. The van der Waals surface area contributed by atoms with Crippen LogP contribution in [0.2, 0.25) is 0 Å². The van der Waals surface area contributed by atoms with E-state index in [0.29, 0.717) is 38.9 Å². The zero-order valence-electron chi connectivity index (χ0n) is 19.0. The molecule has 3 aromatic rings. The van der Waals surface area contributed by atoms with Crippen molar-refractivity contribution in [3.63, 3.8) is 0 Å². The summed E-state index contributed by atoms with van der Waals surface area (Å²) >= 11 is 0.